The van der Waals surface area contributed by atoms with Crippen LogP contribution >= 0.6 is 0 Å². The fourth-order valence-electron chi connectivity index (χ4n) is 6.70. The molecule has 0 unspecified atom stereocenters. The van der Waals surface area contributed by atoms with Gasteiger partial charge in [-0.1, -0.05) is 0 Å². The topological polar surface area (TPSA) is 0 Å². The molecule has 0 aliphatic heterocycles. The zero-order valence-electron chi connectivity index (χ0n) is 26.4. The zero-order valence-corrected chi connectivity index (χ0v) is 28.8. The third-order valence-corrected chi connectivity index (χ3v) is 17.4. The monoisotopic (exact) mass is 626 g/mol. The second kappa shape index (κ2) is 11.3. The molecule has 0 atom stereocenters. The SMILES string of the molecule is CCC1=CC[C]([Zr](=[C](c2ccccc2)c2ccccc2)[CH]2c3cc(C(C)(C)C)ccc3-c3ccc(C(C)(C)C)cc32)=C1. The first-order valence-electron chi connectivity index (χ1n) is 15.6. The van der Waals surface area contributed by atoms with E-state index in [2.05, 4.69) is 158 Å². The molecule has 4 aromatic carbocycles. The number of allylic oxidation sites excluding steroid dienone is 4. The molecule has 0 fully saturated rings. The predicted octanol–water partition coefficient (Wildman–Crippen LogP) is 10.9. The van der Waals surface area contributed by atoms with Gasteiger partial charge >= 0.3 is 263 Å². The van der Waals surface area contributed by atoms with Crippen molar-refractivity contribution in [2.75, 3.05) is 0 Å². The number of fused-ring (bicyclic) bond motifs is 3. The van der Waals surface area contributed by atoms with Crippen LogP contribution in [-0.4, -0.2) is 3.21 Å². The standard InChI is InChI=1S/C21H25.C13H10.C7H9.Zr/c1-20(2,3)16-7-9-18-14(12-16)11-15-13-17(21(4,5)6)8-10-19(15)18;1-3-7-12(8-4-1)11-13-9-5-2-6-10-13;1-2-7-5-3-4-6-7;/h7-13H,1-6H3;1-10H;5-6H,2-3H2,1H3;. The van der Waals surface area contributed by atoms with Crippen LogP contribution in [0.3, 0.4) is 0 Å². The Morgan fingerprint density at radius 3 is 1.55 bits per heavy atom. The summed E-state index contributed by atoms with van der Waals surface area (Å²) < 4.78 is 3.78. The van der Waals surface area contributed by atoms with Crippen LogP contribution in [0.25, 0.3) is 11.1 Å². The summed E-state index contributed by atoms with van der Waals surface area (Å²) in [5, 5.41) is 0. The van der Waals surface area contributed by atoms with E-state index in [1.807, 2.05) is 0 Å². The Morgan fingerprint density at radius 2 is 1.14 bits per heavy atom. The summed E-state index contributed by atoms with van der Waals surface area (Å²) in [6.07, 6.45) is 7.32. The van der Waals surface area contributed by atoms with Crippen LogP contribution in [0.2, 0.25) is 0 Å². The second-order valence-corrected chi connectivity index (χ2v) is 20.3. The van der Waals surface area contributed by atoms with Gasteiger partial charge in [-0.05, 0) is 0 Å². The Labute approximate surface area is 261 Å². The Morgan fingerprint density at radius 1 is 0.667 bits per heavy atom. The average molecular weight is 628 g/mol. The molecule has 2 aliphatic carbocycles. The Kier molecular flexibility index (Phi) is 7.87. The second-order valence-electron chi connectivity index (χ2n) is 14.1. The van der Waals surface area contributed by atoms with E-state index in [1.165, 1.54) is 39.0 Å². The molecule has 0 heterocycles. The quantitative estimate of drug-likeness (QED) is 0.206. The fraction of sp³-hybridized carbons (Fsp3) is 0.293. The van der Waals surface area contributed by atoms with E-state index in [4.69, 9.17) is 0 Å². The predicted molar refractivity (Wildman–Crippen MR) is 178 cm³/mol. The zero-order chi connectivity index (χ0) is 29.6. The van der Waals surface area contributed by atoms with Gasteiger partial charge in [0, 0.05) is 0 Å². The summed E-state index contributed by atoms with van der Waals surface area (Å²) in [5.74, 6) is 0. The molecule has 42 heavy (non-hydrogen) atoms. The normalized spacial score (nSPS) is 14.7. The molecule has 2 aliphatic rings. The van der Waals surface area contributed by atoms with Crippen LogP contribution < -0.4 is 0 Å². The summed E-state index contributed by atoms with van der Waals surface area (Å²) in [4.78, 5) is 0. The van der Waals surface area contributed by atoms with Crippen LogP contribution in [0.15, 0.2) is 118 Å². The van der Waals surface area contributed by atoms with Gasteiger partial charge in [-0.15, -0.1) is 0 Å². The van der Waals surface area contributed by atoms with E-state index in [9.17, 15) is 0 Å². The third-order valence-electron chi connectivity index (χ3n) is 9.13. The molecule has 0 bridgehead atoms. The van der Waals surface area contributed by atoms with E-state index in [0.717, 1.165) is 12.8 Å². The average Bonchev–Trinajstić information content (AvgIpc) is 3.58. The molecule has 0 aromatic heterocycles. The van der Waals surface area contributed by atoms with E-state index in [-0.39, 0.29) is 10.8 Å². The molecule has 0 saturated heterocycles. The van der Waals surface area contributed by atoms with Gasteiger partial charge in [-0.2, -0.15) is 0 Å². The molecule has 0 N–H and O–H groups in total. The van der Waals surface area contributed by atoms with Crippen molar-refractivity contribution < 1.29 is 21.3 Å². The van der Waals surface area contributed by atoms with Crippen LogP contribution in [0, 0.1) is 0 Å². The van der Waals surface area contributed by atoms with E-state index >= 15 is 0 Å². The van der Waals surface area contributed by atoms with Crippen LogP contribution in [-0.2, 0) is 32.1 Å². The van der Waals surface area contributed by atoms with Gasteiger partial charge in [0.1, 0.15) is 0 Å². The summed E-state index contributed by atoms with van der Waals surface area (Å²) >= 11 is -2.72. The molecule has 1 heteroatoms. The number of hydrogen-bond acceptors (Lipinski definition) is 0. The summed E-state index contributed by atoms with van der Waals surface area (Å²) in [6.45, 7) is 16.4. The van der Waals surface area contributed by atoms with E-state index in [1.54, 1.807) is 17.6 Å². The van der Waals surface area contributed by atoms with Gasteiger partial charge in [0.15, 0.2) is 0 Å². The van der Waals surface area contributed by atoms with Crippen molar-refractivity contribution in [3.05, 3.63) is 151 Å². The van der Waals surface area contributed by atoms with Gasteiger partial charge < -0.3 is 0 Å². The van der Waals surface area contributed by atoms with Crippen LogP contribution in [0.4, 0.5) is 0 Å². The molecule has 4 aromatic rings. The summed E-state index contributed by atoms with van der Waals surface area (Å²) in [7, 11) is 0. The maximum atomic E-state index is 2.61. The van der Waals surface area contributed by atoms with Crippen molar-refractivity contribution in [1.82, 2.24) is 0 Å². The molecule has 0 saturated carbocycles. The summed E-state index contributed by atoms with van der Waals surface area (Å²) in [5.41, 5.74) is 13.4. The van der Waals surface area contributed by atoms with Crippen LogP contribution in [0.5, 0.6) is 0 Å². The van der Waals surface area contributed by atoms with Gasteiger partial charge in [-0.3, -0.25) is 0 Å². The van der Waals surface area contributed by atoms with Crippen LogP contribution in [0.1, 0.15) is 98.3 Å². The van der Waals surface area contributed by atoms with Crippen molar-refractivity contribution in [3.8, 4) is 11.1 Å². The van der Waals surface area contributed by atoms with Gasteiger partial charge in [0.25, 0.3) is 0 Å². The molecule has 0 amide bonds. The molecular formula is C41H44Zr. The minimum absolute atomic E-state index is 0.101. The van der Waals surface area contributed by atoms with Gasteiger partial charge in [0.2, 0.25) is 0 Å². The Hall–Kier alpha value is -2.89. The maximum absolute atomic E-state index is 2.72. The first kappa shape index (κ1) is 29.2. The van der Waals surface area contributed by atoms with Crippen molar-refractivity contribution in [1.29, 1.82) is 0 Å². The van der Waals surface area contributed by atoms with Crippen molar-refractivity contribution >= 4 is 3.21 Å². The molecule has 6 rings (SSSR count). The first-order valence-corrected chi connectivity index (χ1v) is 19.5. The molecule has 212 valence electrons. The van der Waals surface area contributed by atoms with Crippen molar-refractivity contribution in [3.63, 3.8) is 0 Å². The molecular weight excluding hydrogens is 584 g/mol. The number of rotatable bonds is 5. The third kappa shape index (κ3) is 5.46. The summed E-state index contributed by atoms with van der Waals surface area (Å²) in [6, 6.07) is 37.5. The van der Waals surface area contributed by atoms with Crippen molar-refractivity contribution in [2.24, 2.45) is 0 Å². The molecule has 0 nitrogen and oxygen atoms in total. The van der Waals surface area contributed by atoms with Gasteiger partial charge in [-0.25, -0.2) is 0 Å². The molecule has 0 radical (unpaired) electrons. The minimum atomic E-state index is -2.72. The number of benzene rings is 4. The Bertz CT molecular complexity index is 1610. The van der Waals surface area contributed by atoms with Gasteiger partial charge in [0.05, 0.1) is 0 Å². The fourth-order valence-corrected chi connectivity index (χ4v) is 15.8. The van der Waals surface area contributed by atoms with E-state index in [0.29, 0.717) is 3.63 Å². The first-order chi connectivity index (χ1) is 20.1. The van der Waals surface area contributed by atoms with Crippen molar-refractivity contribution in [2.45, 2.75) is 75.8 Å². The number of hydrogen-bond donors (Lipinski definition) is 0. The molecule has 0 spiro atoms. The Balaban J connectivity index is 1.75. The van der Waals surface area contributed by atoms with E-state index < -0.39 is 21.3 Å².